The van der Waals surface area contributed by atoms with Crippen molar-refractivity contribution < 1.29 is 14.3 Å². The average Bonchev–Trinajstić information content (AvgIpc) is 2.43. The Balaban J connectivity index is 2.81. The summed E-state index contributed by atoms with van der Waals surface area (Å²) in [5.41, 5.74) is 6.30. The van der Waals surface area contributed by atoms with Gasteiger partial charge in [-0.05, 0) is 31.7 Å². The highest BCUT2D eigenvalue weighted by atomic mass is 16.5. The number of benzene rings is 1. The van der Waals surface area contributed by atoms with Crippen LogP contribution in [0.2, 0.25) is 0 Å². The van der Waals surface area contributed by atoms with Crippen LogP contribution in [0.5, 0.6) is 11.5 Å². The van der Waals surface area contributed by atoms with Crippen LogP contribution in [0.3, 0.4) is 0 Å². The lowest BCUT2D eigenvalue weighted by Crippen LogP contribution is -2.25. The molecule has 2 atom stereocenters. The van der Waals surface area contributed by atoms with Crippen molar-refractivity contribution in [2.45, 2.75) is 19.9 Å². The number of nitrogens with two attached hydrogens (primary N) is 1. The SMILES string of the molecule is CNC(C)c1ccc(OCC(C)C(N)=O)c(OC)c1. The lowest BCUT2D eigenvalue weighted by atomic mass is 10.1. The molecule has 106 valence electrons. The van der Waals surface area contributed by atoms with E-state index in [1.807, 2.05) is 25.2 Å². The average molecular weight is 266 g/mol. The van der Waals surface area contributed by atoms with E-state index in [1.165, 1.54) is 0 Å². The minimum atomic E-state index is -0.376. The molecule has 0 heterocycles. The van der Waals surface area contributed by atoms with Gasteiger partial charge >= 0.3 is 0 Å². The predicted molar refractivity (Wildman–Crippen MR) is 74.3 cm³/mol. The van der Waals surface area contributed by atoms with Gasteiger partial charge in [-0.3, -0.25) is 4.79 Å². The molecule has 19 heavy (non-hydrogen) atoms. The fourth-order valence-corrected chi connectivity index (χ4v) is 1.54. The number of ether oxygens (including phenoxy) is 2. The van der Waals surface area contributed by atoms with Crippen LogP contribution < -0.4 is 20.5 Å². The lowest BCUT2D eigenvalue weighted by molar-refractivity contribution is -0.122. The molecule has 0 saturated carbocycles. The van der Waals surface area contributed by atoms with E-state index in [0.29, 0.717) is 11.5 Å². The zero-order valence-corrected chi connectivity index (χ0v) is 11.9. The summed E-state index contributed by atoms with van der Waals surface area (Å²) in [6, 6.07) is 5.96. The maximum absolute atomic E-state index is 11.0. The molecule has 0 spiro atoms. The van der Waals surface area contributed by atoms with Crippen molar-refractivity contribution in [3.63, 3.8) is 0 Å². The summed E-state index contributed by atoms with van der Waals surface area (Å²) in [6.07, 6.45) is 0. The summed E-state index contributed by atoms with van der Waals surface area (Å²) < 4.78 is 10.9. The maximum Gasteiger partial charge on any atom is 0.223 e. The second kappa shape index (κ2) is 6.99. The Kier molecular flexibility index (Phi) is 5.63. The van der Waals surface area contributed by atoms with E-state index in [-0.39, 0.29) is 24.5 Å². The third-order valence-corrected chi connectivity index (χ3v) is 3.10. The summed E-state index contributed by atoms with van der Waals surface area (Å²) >= 11 is 0. The molecule has 0 fully saturated rings. The van der Waals surface area contributed by atoms with E-state index in [2.05, 4.69) is 12.2 Å². The highest BCUT2D eigenvalue weighted by Gasteiger charge is 2.13. The lowest BCUT2D eigenvalue weighted by Gasteiger charge is -2.16. The van der Waals surface area contributed by atoms with Gasteiger partial charge in [-0.15, -0.1) is 0 Å². The first-order valence-electron chi connectivity index (χ1n) is 6.26. The Hall–Kier alpha value is -1.75. The van der Waals surface area contributed by atoms with Gasteiger partial charge < -0.3 is 20.5 Å². The second-order valence-corrected chi connectivity index (χ2v) is 4.54. The molecule has 0 saturated heterocycles. The van der Waals surface area contributed by atoms with Gasteiger partial charge in [0.1, 0.15) is 0 Å². The third-order valence-electron chi connectivity index (χ3n) is 3.10. The molecule has 0 aliphatic rings. The zero-order chi connectivity index (χ0) is 14.4. The summed E-state index contributed by atoms with van der Waals surface area (Å²) in [6.45, 7) is 4.03. The molecule has 0 aliphatic heterocycles. The van der Waals surface area contributed by atoms with Crippen LogP contribution in [-0.4, -0.2) is 26.7 Å². The van der Waals surface area contributed by atoms with Gasteiger partial charge in [0, 0.05) is 6.04 Å². The third kappa shape index (κ3) is 4.13. The van der Waals surface area contributed by atoms with Crippen LogP contribution in [0, 0.1) is 5.92 Å². The molecule has 1 rings (SSSR count). The first-order valence-corrected chi connectivity index (χ1v) is 6.26. The smallest absolute Gasteiger partial charge is 0.223 e. The van der Waals surface area contributed by atoms with E-state index >= 15 is 0 Å². The van der Waals surface area contributed by atoms with Crippen LogP contribution in [0.1, 0.15) is 25.5 Å². The number of nitrogens with one attached hydrogen (secondary N) is 1. The molecular formula is C14H22N2O3. The van der Waals surface area contributed by atoms with E-state index < -0.39 is 0 Å². The monoisotopic (exact) mass is 266 g/mol. The van der Waals surface area contributed by atoms with Gasteiger partial charge in [0.25, 0.3) is 0 Å². The standard InChI is InChI=1S/C14H22N2O3/c1-9(14(15)17)8-19-12-6-5-11(10(2)16-3)7-13(12)18-4/h5-7,9-10,16H,8H2,1-4H3,(H2,15,17). The number of methoxy groups -OCH3 is 1. The number of amides is 1. The maximum atomic E-state index is 11.0. The van der Waals surface area contributed by atoms with Crippen LogP contribution >= 0.6 is 0 Å². The summed E-state index contributed by atoms with van der Waals surface area (Å²) in [4.78, 5) is 11.0. The fraction of sp³-hybridized carbons (Fsp3) is 0.500. The second-order valence-electron chi connectivity index (χ2n) is 4.54. The van der Waals surface area contributed by atoms with Gasteiger partial charge in [-0.1, -0.05) is 13.0 Å². The molecule has 0 radical (unpaired) electrons. The van der Waals surface area contributed by atoms with Gasteiger partial charge in [0.2, 0.25) is 5.91 Å². The van der Waals surface area contributed by atoms with E-state index in [9.17, 15) is 4.79 Å². The zero-order valence-electron chi connectivity index (χ0n) is 11.9. The van der Waals surface area contributed by atoms with Gasteiger partial charge in [0.15, 0.2) is 11.5 Å². The number of hydrogen-bond acceptors (Lipinski definition) is 4. The highest BCUT2D eigenvalue weighted by Crippen LogP contribution is 2.30. The molecule has 0 bridgehead atoms. The van der Waals surface area contributed by atoms with E-state index in [0.717, 1.165) is 5.56 Å². The summed E-state index contributed by atoms with van der Waals surface area (Å²) in [5, 5.41) is 3.16. The summed E-state index contributed by atoms with van der Waals surface area (Å²) in [5.74, 6) is 0.555. The number of hydrogen-bond donors (Lipinski definition) is 2. The minimum Gasteiger partial charge on any atom is -0.493 e. The predicted octanol–water partition coefficient (Wildman–Crippen LogP) is 1.48. The molecule has 2 unspecified atom stereocenters. The van der Waals surface area contributed by atoms with E-state index in [4.69, 9.17) is 15.2 Å². The molecule has 5 heteroatoms. The Morgan fingerprint density at radius 1 is 1.37 bits per heavy atom. The van der Waals surface area contributed by atoms with Crippen molar-refractivity contribution in [2.75, 3.05) is 20.8 Å². The van der Waals surface area contributed by atoms with Gasteiger partial charge in [-0.25, -0.2) is 0 Å². The highest BCUT2D eigenvalue weighted by molar-refractivity contribution is 5.76. The van der Waals surface area contributed by atoms with Crippen molar-refractivity contribution >= 4 is 5.91 Å². The quantitative estimate of drug-likeness (QED) is 0.784. The Bertz CT molecular complexity index is 435. The van der Waals surface area contributed by atoms with Crippen molar-refractivity contribution in [3.05, 3.63) is 23.8 Å². The molecule has 1 aromatic rings. The number of rotatable bonds is 7. The number of carbonyl (C=O) groups is 1. The van der Waals surface area contributed by atoms with Crippen molar-refractivity contribution in [1.82, 2.24) is 5.32 Å². The Morgan fingerprint density at radius 2 is 2.05 bits per heavy atom. The van der Waals surface area contributed by atoms with Crippen molar-refractivity contribution in [3.8, 4) is 11.5 Å². The first kappa shape index (κ1) is 15.3. The Labute approximate surface area is 114 Å². The molecular weight excluding hydrogens is 244 g/mol. The number of primary amides is 1. The van der Waals surface area contributed by atoms with E-state index in [1.54, 1.807) is 14.0 Å². The molecule has 5 nitrogen and oxygen atoms in total. The molecule has 3 N–H and O–H groups in total. The van der Waals surface area contributed by atoms with Crippen LogP contribution in [0.25, 0.3) is 0 Å². The topological polar surface area (TPSA) is 73.6 Å². The summed E-state index contributed by atoms with van der Waals surface area (Å²) in [7, 11) is 3.49. The molecule has 0 aliphatic carbocycles. The minimum absolute atomic E-state index is 0.229. The molecule has 1 amide bonds. The largest absolute Gasteiger partial charge is 0.493 e. The van der Waals surface area contributed by atoms with Crippen molar-refractivity contribution in [1.29, 1.82) is 0 Å². The van der Waals surface area contributed by atoms with Crippen LogP contribution in [-0.2, 0) is 4.79 Å². The van der Waals surface area contributed by atoms with Gasteiger partial charge in [0.05, 0.1) is 19.6 Å². The first-order chi connectivity index (χ1) is 8.99. The fourth-order valence-electron chi connectivity index (χ4n) is 1.54. The normalized spacial score (nSPS) is 13.7. The molecule has 0 aromatic heterocycles. The van der Waals surface area contributed by atoms with Gasteiger partial charge in [-0.2, -0.15) is 0 Å². The molecule has 1 aromatic carbocycles. The number of carbonyl (C=O) groups excluding carboxylic acids is 1. The Morgan fingerprint density at radius 3 is 2.58 bits per heavy atom. The van der Waals surface area contributed by atoms with Crippen LogP contribution in [0.15, 0.2) is 18.2 Å². The van der Waals surface area contributed by atoms with Crippen molar-refractivity contribution in [2.24, 2.45) is 11.7 Å². The van der Waals surface area contributed by atoms with Crippen LogP contribution in [0.4, 0.5) is 0 Å².